The SMILES string of the molecule is CC/C(=N/NC(=O)c1ccccc1)c1c(O)n(-c2ccc(C)cc2)c(=O)[nH]c1=O. The Bertz CT molecular complexity index is 1180. The van der Waals surface area contributed by atoms with Gasteiger partial charge >= 0.3 is 5.69 Å². The first kappa shape index (κ1) is 19.8. The molecule has 0 aliphatic carbocycles. The van der Waals surface area contributed by atoms with Crippen molar-refractivity contribution in [2.24, 2.45) is 5.10 Å². The number of carbonyl (C=O) groups is 1. The van der Waals surface area contributed by atoms with Crippen molar-refractivity contribution in [1.82, 2.24) is 15.0 Å². The summed E-state index contributed by atoms with van der Waals surface area (Å²) in [5.74, 6) is -1.00. The molecule has 148 valence electrons. The molecule has 29 heavy (non-hydrogen) atoms. The lowest BCUT2D eigenvalue weighted by molar-refractivity contribution is 0.0954. The van der Waals surface area contributed by atoms with Crippen molar-refractivity contribution in [3.63, 3.8) is 0 Å². The Morgan fingerprint density at radius 3 is 2.38 bits per heavy atom. The van der Waals surface area contributed by atoms with E-state index >= 15 is 0 Å². The maximum absolute atomic E-state index is 12.4. The van der Waals surface area contributed by atoms with Gasteiger partial charge in [0, 0.05) is 5.56 Å². The number of H-pyrrole nitrogens is 1. The van der Waals surface area contributed by atoms with Crippen LogP contribution in [-0.4, -0.2) is 26.3 Å². The van der Waals surface area contributed by atoms with Crippen molar-refractivity contribution in [2.45, 2.75) is 20.3 Å². The molecule has 0 atom stereocenters. The fourth-order valence-corrected chi connectivity index (χ4v) is 2.80. The first-order chi connectivity index (χ1) is 13.9. The van der Waals surface area contributed by atoms with Crippen LogP contribution in [0.4, 0.5) is 0 Å². The monoisotopic (exact) mass is 392 g/mol. The van der Waals surface area contributed by atoms with Gasteiger partial charge in [0.05, 0.1) is 11.4 Å². The second kappa shape index (κ2) is 8.39. The molecular weight excluding hydrogens is 372 g/mol. The summed E-state index contributed by atoms with van der Waals surface area (Å²) in [7, 11) is 0. The predicted octanol–water partition coefficient (Wildman–Crippen LogP) is 2.08. The fraction of sp³-hybridized carbons (Fsp3) is 0.143. The van der Waals surface area contributed by atoms with E-state index in [0.717, 1.165) is 10.1 Å². The van der Waals surface area contributed by atoms with Gasteiger partial charge in [-0.05, 0) is 37.6 Å². The molecule has 1 heterocycles. The molecule has 0 saturated carbocycles. The van der Waals surface area contributed by atoms with Crippen LogP contribution in [0, 0.1) is 6.92 Å². The Hall–Kier alpha value is -3.94. The molecule has 0 radical (unpaired) electrons. The lowest BCUT2D eigenvalue weighted by atomic mass is 10.1. The van der Waals surface area contributed by atoms with Crippen LogP contribution in [0.3, 0.4) is 0 Å². The number of rotatable bonds is 5. The van der Waals surface area contributed by atoms with Crippen LogP contribution in [0.15, 0.2) is 69.3 Å². The molecule has 1 amide bonds. The van der Waals surface area contributed by atoms with Crippen LogP contribution in [-0.2, 0) is 0 Å². The number of benzene rings is 2. The van der Waals surface area contributed by atoms with E-state index in [4.69, 9.17) is 0 Å². The number of carbonyl (C=O) groups excluding carboxylic acids is 1. The average molecular weight is 392 g/mol. The summed E-state index contributed by atoms with van der Waals surface area (Å²) in [5.41, 5.74) is 2.54. The molecule has 0 aliphatic rings. The second-order valence-corrected chi connectivity index (χ2v) is 6.35. The number of hydrogen-bond donors (Lipinski definition) is 3. The van der Waals surface area contributed by atoms with Crippen LogP contribution in [0.2, 0.25) is 0 Å². The maximum Gasteiger partial charge on any atom is 0.335 e. The summed E-state index contributed by atoms with van der Waals surface area (Å²) < 4.78 is 0.986. The Morgan fingerprint density at radius 2 is 1.76 bits per heavy atom. The summed E-state index contributed by atoms with van der Waals surface area (Å²) in [5, 5.41) is 14.7. The Morgan fingerprint density at radius 1 is 1.10 bits per heavy atom. The highest BCUT2D eigenvalue weighted by Gasteiger charge is 2.20. The minimum atomic E-state index is -0.787. The van der Waals surface area contributed by atoms with Crippen molar-refractivity contribution in [3.05, 3.63) is 92.1 Å². The smallest absolute Gasteiger partial charge is 0.335 e. The zero-order valence-corrected chi connectivity index (χ0v) is 16.0. The van der Waals surface area contributed by atoms with E-state index in [-0.39, 0.29) is 17.7 Å². The first-order valence-corrected chi connectivity index (χ1v) is 9.00. The molecule has 0 aliphatic heterocycles. The third-order valence-corrected chi connectivity index (χ3v) is 4.33. The van der Waals surface area contributed by atoms with Gasteiger partial charge in [0.1, 0.15) is 5.56 Å². The van der Waals surface area contributed by atoms with E-state index in [1.165, 1.54) is 0 Å². The van der Waals surface area contributed by atoms with E-state index in [9.17, 15) is 19.5 Å². The molecule has 8 heteroatoms. The molecule has 3 N–H and O–H groups in total. The van der Waals surface area contributed by atoms with E-state index in [1.54, 1.807) is 61.5 Å². The number of nitrogens with zero attached hydrogens (tertiary/aromatic N) is 2. The molecule has 0 unspecified atom stereocenters. The number of aryl methyl sites for hydroxylation is 1. The summed E-state index contributed by atoms with van der Waals surface area (Å²) >= 11 is 0. The molecule has 0 fully saturated rings. The van der Waals surface area contributed by atoms with Gasteiger partial charge in [-0.3, -0.25) is 14.6 Å². The maximum atomic E-state index is 12.4. The molecule has 0 bridgehead atoms. The van der Waals surface area contributed by atoms with Gasteiger partial charge in [-0.25, -0.2) is 14.8 Å². The second-order valence-electron chi connectivity index (χ2n) is 6.35. The first-order valence-electron chi connectivity index (χ1n) is 9.00. The Labute approximate surface area is 166 Å². The van der Waals surface area contributed by atoms with Crippen LogP contribution >= 0.6 is 0 Å². The third-order valence-electron chi connectivity index (χ3n) is 4.33. The third kappa shape index (κ3) is 4.16. The lowest BCUT2D eigenvalue weighted by Crippen LogP contribution is -2.34. The molecule has 3 rings (SSSR count). The molecule has 0 spiro atoms. The summed E-state index contributed by atoms with van der Waals surface area (Å²) in [4.78, 5) is 39.1. The normalized spacial score (nSPS) is 11.3. The lowest BCUT2D eigenvalue weighted by Gasteiger charge is -2.12. The molecule has 2 aromatic carbocycles. The average Bonchev–Trinajstić information content (AvgIpc) is 2.72. The van der Waals surface area contributed by atoms with E-state index in [1.807, 2.05) is 6.92 Å². The van der Waals surface area contributed by atoms with Crippen molar-refractivity contribution in [2.75, 3.05) is 0 Å². The van der Waals surface area contributed by atoms with E-state index in [0.29, 0.717) is 11.3 Å². The molecule has 8 nitrogen and oxygen atoms in total. The van der Waals surface area contributed by atoms with Crippen LogP contribution in [0.25, 0.3) is 5.69 Å². The van der Waals surface area contributed by atoms with Crippen molar-refractivity contribution >= 4 is 11.6 Å². The van der Waals surface area contributed by atoms with Crippen molar-refractivity contribution in [1.29, 1.82) is 0 Å². The number of aromatic hydroxyl groups is 1. The number of hydrazone groups is 1. The standard InChI is InChI=1S/C21H20N4O4/c1-3-16(23-24-18(26)14-7-5-4-6-8-14)17-19(27)22-21(29)25(20(17)28)15-11-9-13(2)10-12-15/h4-12,28H,3H2,1-2H3,(H,24,26)(H,22,27,29)/b23-16-. The summed E-state index contributed by atoms with van der Waals surface area (Å²) in [6.07, 6.45) is 0.234. The Balaban J connectivity index is 2.05. The molecule has 1 aromatic heterocycles. The van der Waals surface area contributed by atoms with Crippen molar-refractivity contribution < 1.29 is 9.90 Å². The van der Waals surface area contributed by atoms with Crippen LogP contribution in [0.1, 0.15) is 34.8 Å². The van der Waals surface area contributed by atoms with Gasteiger partial charge in [0.25, 0.3) is 11.5 Å². The minimum Gasteiger partial charge on any atom is -0.493 e. The molecular formula is C21H20N4O4. The quantitative estimate of drug-likeness (QED) is 0.455. The van der Waals surface area contributed by atoms with Gasteiger partial charge in [-0.1, -0.05) is 42.8 Å². The van der Waals surface area contributed by atoms with Gasteiger partial charge in [-0.2, -0.15) is 5.10 Å². The highest BCUT2D eigenvalue weighted by molar-refractivity contribution is 6.03. The largest absolute Gasteiger partial charge is 0.493 e. The highest BCUT2D eigenvalue weighted by Crippen LogP contribution is 2.18. The number of aromatic nitrogens is 2. The van der Waals surface area contributed by atoms with Crippen molar-refractivity contribution in [3.8, 4) is 11.6 Å². The highest BCUT2D eigenvalue weighted by atomic mass is 16.3. The van der Waals surface area contributed by atoms with Crippen LogP contribution in [0.5, 0.6) is 5.88 Å². The predicted molar refractivity (Wildman–Crippen MR) is 110 cm³/mol. The summed E-state index contributed by atoms with van der Waals surface area (Å²) in [6.45, 7) is 3.61. The topological polar surface area (TPSA) is 117 Å². The number of amides is 1. The van der Waals surface area contributed by atoms with E-state index in [2.05, 4.69) is 15.5 Å². The fourth-order valence-electron chi connectivity index (χ4n) is 2.80. The van der Waals surface area contributed by atoms with E-state index < -0.39 is 23.0 Å². The van der Waals surface area contributed by atoms with Gasteiger partial charge < -0.3 is 5.11 Å². The summed E-state index contributed by atoms with van der Waals surface area (Å²) in [6, 6.07) is 15.3. The molecule has 3 aromatic rings. The van der Waals surface area contributed by atoms with Crippen LogP contribution < -0.4 is 16.7 Å². The minimum absolute atomic E-state index is 0.133. The number of nitrogens with one attached hydrogen (secondary N) is 2. The number of aromatic amines is 1. The molecule has 0 saturated heterocycles. The van der Waals surface area contributed by atoms with Gasteiger partial charge in [-0.15, -0.1) is 0 Å². The van der Waals surface area contributed by atoms with Gasteiger partial charge in [0.15, 0.2) is 0 Å². The van der Waals surface area contributed by atoms with Gasteiger partial charge in [0.2, 0.25) is 5.88 Å². The zero-order chi connectivity index (χ0) is 21.0. The number of hydrogen-bond acceptors (Lipinski definition) is 5. The zero-order valence-electron chi connectivity index (χ0n) is 16.0. The Kier molecular flexibility index (Phi) is 5.73.